The summed E-state index contributed by atoms with van der Waals surface area (Å²) in [5.41, 5.74) is 4.11. The first kappa shape index (κ1) is 20.6. The summed E-state index contributed by atoms with van der Waals surface area (Å²) in [5, 5.41) is 17.6. The summed E-state index contributed by atoms with van der Waals surface area (Å²) in [7, 11) is 0. The van der Waals surface area contributed by atoms with Gasteiger partial charge in [0.15, 0.2) is 0 Å². The van der Waals surface area contributed by atoms with Crippen LogP contribution in [0.4, 0.5) is 0 Å². The van der Waals surface area contributed by atoms with Crippen LogP contribution >= 0.6 is 0 Å². The van der Waals surface area contributed by atoms with Gasteiger partial charge in [-0.25, -0.2) is 9.78 Å². The monoisotopic (exact) mass is 400 g/mol. The summed E-state index contributed by atoms with van der Waals surface area (Å²) in [5.74, 6) is 0.729. The minimum absolute atomic E-state index is 0.372. The topological polar surface area (TPSA) is 92.4 Å². The number of carboxylic acid groups (broad SMARTS) is 1. The molecule has 0 aliphatic heterocycles. The molecule has 0 amide bonds. The van der Waals surface area contributed by atoms with Gasteiger partial charge in [-0.1, -0.05) is 12.1 Å². The van der Waals surface area contributed by atoms with Gasteiger partial charge in [0.25, 0.3) is 0 Å². The van der Waals surface area contributed by atoms with Gasteiger partial charge in [-0.05, 0) is 72.5 Å². The molecule has 0 radical (unpaired) electrons. The van der Waals surface area contributed by atoms with Crippen LogP contribution in [0.5, 0.6) is 17.4 Å². The molecular formula is C24H20N2O4. The maximum absolute atomic E-state index is 10.7. The fourth-order valence-electron chi connectivity index (χ4n) is 2.87. The fraction of sp³-hybridized carbons (Fsp3) is 0.125. The summed E-state index contributed by atoms with van der Waals surface area (Å²) in [6.45, 7) is 4.17. The maximum Gasteiger partial charge on any atom is 0.328 e. The number of hydrogen-bond acceptors (Lipinski definition) is 5. The minimum Gasteiger partial charge on any atom is -0.487 e. The lowest BCUT2D eigenvalue weighted by atomic mass is 10.1. The molecular weight excluding hydrogens is 380 g/mol. The molecule has 6 heteroatoms. The molecule has 150 valence electrons. The van der Waals surface area contributed by atoms with E-state index in [-0.39, 0.29) is 0 Å². The number of carbonyl (C=O) groups is 1. The van der Waals surface area contributed by atoms with Crippen molar-refractivity contribution in [3.8, 4) is 23.4 Å². The zero-order chi connectivity index (χ0) is 21.5. The lowest BCUT2D eigenvalue weighted by Gasteiger charge is -2.13. The van der Waals surface area contributed by atoms with Gasteiger partial charge in [-0.15, -0.1) is 0 Å². The Hall–Kier alpha value is -4.11. The van der Waals surface area contributed by atoms with Crippen molar-refractivity contribution in [1.82, 2.24) is 4.98 Å². The second-order valence-electron chi connectivity index (χ2n) is 6.69. The van der Waals surface area contributed by atoms with E-state index in [0.717, 1.165) is 28.3 Å². The summed E-state index contributed by atoms with van der Waals surface area (Å²) in [4.78, 5) is 15.0. The van der Waals surface area contributed by atoms with Gasteiger partial charge in [0.05, 0.1) is 17.8 Å². The number of hydrogen-bond donors (Lipinski definition) is 1. The van der Waals surface area contributed by atoms with Crippen LogP contribution in [0.3, 0.4) is 0 Å². The molecule has 0 spiro atoms. The third-order valence-electron chi connectivity index (χ3n) is 4.31. The first-order valence-corrected chi connectivity index (χ1v) is 9.22. The van der Waals surface area contributed by atoms with Gasteiger partial charge in [0.1, 0.15) is 18.1 Å². The molecule has 0 aliphatic rings. The van der Waals surface area contributed by atoms with Gasteiger partial charge < -0.3 is 14.6 Å². The zero-order valence-electron chi connectivity index (χ0n) is 16.6. The highest BCUT2D eigenvalue weighted by Crippen LogP contribution is 2.30. The van der Waals surface area contributed by atoms with E-state index in [0.29, 0.717) is 29.5 Å². The average Bonchev–Trinajstić information content (AvgIpc) is 2.74. The summed E-state index contributed by atoms with van der Waals surface area (Å²) < 4.78 is 11.6. The Kier molecular flexibility index (Phi) is 6.46. The number of aromatic nitrogens is 1. The van der Waals surface area contributed by atoms with Crippen molar-refractivity contribution in [2.24, 2.45) is 0 Å². The van der Waals surface area contributed by atoms with Crippen LogP contribution in [0.2, 0.25) is 0 Å². The number of aryl methyl sites for hydroxylation is 2. The third-order valence-corrected chi connectivity index (χ3v) is 4.31. The Balaban J connectivity index is 1.65. The predicted octanol–water partition coefficient (Wildman–Crippen LogP) is 5.04. The normalized spacial score (nSPS) is 10.6. The van der Waals surface area contributed by atoms with Crippen molar-refractivity contribution in [2.45, 2.75) is 20.5 Å². The van der Waals surface area contributed by atoms with Crippen molar-refractivity contribution in [1.29, 1.82) is 5.26 Å². The molecule has 0 saturated carbocycles. The number of carboxylic acids is 1. The van der Waals surface area contributed by atoms with Crippen LogP contribution in [0, 0.1) is 25.2 Å². The smallest absolute Gasteiger partial charge is 0.328 e. The van der Waals surface area contributed by atoms with E-state index in [9.17, 15) is 4.79 Å². The van der Waals surface area contributed by atoms with Crippen molar-refractivity contribution in [3.05, 3.63) is 88.6 Å². The molecule has 2 aromatic carbocycles. The lowest BCUT2D eigenvalue weighted by molar-refractivity contribution is -0.131. The number of nitriles is 1. The molecule has 6 nitrogen and oxygen atoms in total. The third kappa shape index (κ3) is 5.46. The molecule has 0 fully saturated rings. The molecule has 1 N–H and O–H groups in total. The number of pyridine rings is 1. The average molecular weight is 400 g/mol. The number of nitrogens with zero attached hydrogens (tertiary/aromatic N) is 2. The second-order valence-corrected chi connectivity index (χ2v) is 6.69. The quantitative estimate of drug-likeness (QED) is 0.559. The first-order chi connectivity index (χ1) is 14.4. The lowest BCUT2D eigenvalue weighted by Crippen LogP contribution is -1.97. The molecule has 0 bridgehead atoms. The number of aliphatic carboxylic acids is 1. The molecule has 0 atom stereocenters. The highest BCUT2D eigenvalue weighted by Gasteiger charge is 2.08. The predicted molar refractivity (Wildman–Crippen MR) is 112 cm³/mol. The van der Waals surface area contributed by atoms with Crippen molar-refractivity contribution in [2.75, 3.05) is 0 Å². The SMILES string of the molecule is Cc1cc(/C=C/C(=O)O)cc(C)c1Oc1ccc(OCc2ccc(C#N)cc2)cn1. The molecule has 30 heavy (non-hydrogen) atoms. The van der Waals surface area contributed by atoms with E-state index in [2.05, 4.69) is 11.1 Å². The largest absolute Gasteiger partial charge is 0.487 e. The molecule has 3 rings (SSSR count). The van der Waals surface area contributed by atoms with Crippen LogP contribution in [0.1, 0.15) is 27.8 Å². The van der Waals surface area contributed by atoms with E-state index in [1.807, 2.05) is 38.1 Å². The van der Waals surface area contributed by atoms with E-state index in [4.69, 9.17) is 19.8 Å². The molecule has 0 saturated heterocycles. The second kappa shape index (κ2) is 9.39. The van der Waals surface area contributed by atoms with Crippen molar-refractivity contribution < 1.29 is 19.4 Å². The Morgan fingerprint density at radius 2 is 1.83 bits per heavy atom. The highest BCUT2D eigenvalue weighted by molar-refractivity contribution is 5.85. The van der Waals surface area contributed by atoms with E-state index >= 15 is 0 Å². The van der Waals surface area contributed by atoms with Gasteiger partial charge >= 0.3 is 5.97 Å². The van der Waals surface area contributed by atoms with Crippen LogP contribution in [-0.4, -0.2) is 16.1 Å². The Morgan fingerprint density at radius 3 is 2.40 bits per heavy atom. The van der Waals surface area contributed by atoms with Crippen LogP contribution < -0.4 is 9.47 Å². The summed E-state index contributed by atoms with van der Waals surface area (Å²) in [6, 6.07) is 16.5. The van der Waals surface area contributed by atoms with Crippen LogP contribution in [0.15, 0.2) is 60.8 Å². The van der Waals surface area contributed by atoms with Gasteiger partial charge in [-0.3, -0.25) is 0 Å². The van der Waals surface area contributed by atoms with Crippen molar-refractivity contribution in [3.63, 3.8) is 0 Å². The van der Waals surface area contributed by atoms with E-state index < -0.39 is 5.97 Å². The Bertz CT molecular complexity index is 1090. The van der Waals surface area contributed by atoms with E-state index in [1.165, 1.54) is 0 Å². The minimum atomic E-state index is -0.990. The van der Waals surface area contributed by atoms with Crippen LogP contribution in [0.25, 0.3) is 6.08 Å². The molecule has 3 aromatic rings. The number of benzene rings is 2. The van der Waals surface area contributed by atoms with Crippen LogP contribution in [-0.2, 0) is 11.4 Å². The first-order valence-electron chi connectivity index (χ1n) is 9.22. The summed E-state index contributed by atoms with van der Waals surface area (Å²) >= 11 is 0. The number of ether oxygens (including phenoxy) is 2. The van der Waals surface area contributed by atoms with Gasteiger partial charge in [0.2, 0.25) is 5.88 Å². The van der Waals surface area contributed by atoms with E-state index in [1.54, 1.807) is 36.5 Å². The molecule has 0 unspecified atom stereocenters. The number of rotatable bonds is 7. The molecule has 1 aromatic heterocycles. The highest BCUT2D eigenvalue weighted by atomic mass is 16.5. The Morgan fingerprint density at radius 1 is 1.13 bits per heavy atom. The molecule has 0 aliphatic carbocycles. The van der Waals surface area contributed by atoms with Gasteiger partial charge in [0, 0.05) is 12.1 Å². The zero-order valence-corrected chi connectivity index (χ0v) is 16.6. The maximum atomic E-state index is 10.7. The molecule has 1 heterocycles. The summed E-state index contributed by atoms with van der Waals surface area (Å²) in [6.07, 6.45) is 4.24. The standard InChI is InChI=1S/C24H20N2O4/c1-16-11-20(7-10-23(27)28)12-17(2)24(16)30-22-9-8-21(14-26-22)29-15-19-5-3-18(13-25)4-6-19/h3-12,14H,15H2,1-2H3,(H,27,28)/b10-7+. The Labute approximate surface area is 174 Å². The fourth-order valence-corrected chi connectivity index (χ4v) is 2.87. The van der Waals surface area contributed by atoms with Crippen molar-refractivity contribution >= 4 is 12.0 Å². The van der Waals surface area contributed by atoms with Gasteiger partial charge in [-0.2, -0.15) is 5.26 Å².